The van der Waals surface area contributed by atoms with Gasteiger partial charge in [-0.05, 0) is 31.4 Å². The maximum Gasteiger partial charge on any atom is 0.243 e. The van der Waals surface area contributed by atoms with Crippen LogP contribution >= 0.6 is 0 Å². The molecule has 0 radical (unpaired) electrons. The van der Waals surface area contributed by atoms with E-state index in [-0.39, 0.29) is 4.90 Å². The molecule has 1 aliphatic rings. The minimum atomic E-state index is -3.54. The first-order valence-corrected chi connectivity index (χ1v) is 10.3. The van der Waals surface area contributed by atoms with Crippen LogP contribution in [0.3, 0.4) is 0 Å². The van der Waals surface area contributed by atoms with Crippen LogP contribution in [0.25, 0.3) is 5.69 Å². The van der Waals surface area contributed by atoms with E-state index in [1.54, 1.807) is 4.68 Å². The van der Waals surface area contributed by atoms with Crippen LogP contribution in [0.5, 0.6) is 0 Å². The number of hydrogen-bond acceptors (Lipinski definition) is 4. The molecule has 0 bridgehead atoms. The van der Waals surface area contributed by atoms with Crippen molar-refractivity contribution in [3.63, 3.8) is 0 Å². The fraction of sp³-hybridized carbons (Fsp3) is 0.500. The monoisotopic (exact) mass is 363 g/mol. The first-order valence-electron chi connectivity index (χ1n) is 8.86. The molecule has 1 aromatic carbocycles. The van der Waals surface area contributed by atoms with Crippen molar-refractivity contribution < 1.29 is 13.2 Å². The SMILES string of the molecule is O=S(=O)(NCCCOC1CCCCC1)c1cnn(-c2ccccc2)c1. The molecule has 1 aromatic heterocycles. The lowest BCUT2D eigenvalue weighted by Crippen LogP contribution is -2.26. The lowest BCUT2D eigenvalue weighted by atomic mass is 9.98. The Morgan fingerprint density at radius 3 is 2.68 bits per heavy atom. The van der Waals surface area contributed by atoms with E-state index < -0.39 is 10.0 Å². The number of sulfonamides is 1. The average molecular weight is 363 g/mol. The number of para-hydroxylation sites is 1. The van der Waals surface area contributed by atoms with E-state index in [0.717, 1.165) is 18.5 Å². The zero-order valence-electron chi connectivity index (χ0n) is 14.3. The third-order valence-corrected chi connectivity index (χ3v) is 5.82. The highest BCUT2D eigenvalue weighted by Crippen LogP contribution is 2.20. The first kappa shape index (κ1) is 18.1. The summed E-state index contributed by atoms with van der Waals surface area (Å²) in [5.41, 5.74) is 0.824. The summed E-state index contributed by atoms with van der Waals surface area (Å²) < 4.78 is 34.7. The molecule has 1 aliphatic carbocycles. The van der Waals surface area contributed by atoms with Gasteiger partial charge in [0.25, 0.3) is 0 Å². The summed E-state index contributed by atoms with van der Waals surface area (Å²) in [4.78, 5) is 0.171. The van der Waals surface area contributed by atoms with Crippen molar-refractivity contribution in [2.24, 2.45) is 0 Å². The van der Waals surface area contributed by atoms with E-state index in [4.69, 9.17) is 4.74 Å². The molecule has 7 heteroatoms. The summed E-state index contributed by atoms with van der Waals surface area (Å²) in [6.45, 7) is 0.960. The van der Waals surface area contributed by atoms with Gasteiger partial charge in [0.1, 0.15) is 4.90 Å². The number of rotatable bonds is 8. The molecule has 6 nitrogen and oxygen atoms in total. The Morgan fingerprint density at radius 2 is 1.92 bits per heavy atom. The van der Waals surface area contributed by atoms with E-state index in [2.05, 4.69) is 9.82 Å². The molecule has 3 rings (SSSR count). The molecule has 136 valence electrons. The smallest absolute Gasteiger partial charge is 0.243 e. The minimum Gasteiger partial charge on any atom is -0.378 e. The first-order chi connectivity index (χ1) is 12.1. The Kier molecular flexibility index (Phi) is 6.23. The molecular formula is C18H25N3O3S. The quantitative estimate of drug-likeness (QED) is 0.732. The molecule has 1 saturated carbocycles. The van der Waals surface area contributed by atoms with Gasteiger partial charge in [-0.2, -0.15) is 5.10 Å². The largest absolute Gasteiger partial charge is 0.378 e. The van der Waals surface area contributed by atoms with Crippen molar-refractivity contribution in [3.8, 4) is 5.69 Å². The summed E-state index contributed by atoms with van der Waals surface area (Å²) in [5.74, 6) is 0. The normalized spacial score (nSPS) is 16.2. The van der Waals surface area contributed by atoms with Gasteiger partial charge in [0.05, 0.1) is 24.2 Å². The molecule has 0 atom stereocenters. The Balaban J connectivity index is 1.46. The van der Waals surface area contributed by atoms with Crippen molar-refractivity contribution in [3.05, 3.63) is 42.7 Å². The maximum absolute atomic E-state index is 12.3. The van der Waals surface area contributed by atoms with Crippen LogP contribution in [0, 0.1) is 0 Å². The van der Waals surface area contributed by atoms with Crippen LogP contribution in [-0.2, 0) is 14.8 Å². The highest BCUT2D eigenvalue weighted by molar-refractivity contribution is 7.89. The van der Waals surface area contributed by atoms with Gasteiger partial charge < -0.3 is 4.74 Å². The van der Waals surface area contributed by atoms with Crippen molar-refractivity contribution >= 4 is 10.0 Å². The lowest BCUT2D eigenvalue weighted by Gasteiger charge is -2.21. The molecule has 0 saturated heterocycles. The predicted octanol–water partition coefficient (Wildman–Crippen LogP) is 2.89. The number of nitrogens with zero attached hydrogens (tertiary/aromatic N) is 2. The third-order valence-electron chi connectivity index (χ3n) is 4.41. The standard InChI is InChI=1S/C18H25N3O3S/c22-25(23,20-12-7-13-24-17-10-5-2-6-11-17)18-14-19-21(15-18)16-8-3-1-4-9-16/h1,3-4,8-9,14-15,17,20H,2,5-7,10-13H2. The zero-order chi connectivity index (χ0) is 17.5. The second-order valence-electron chi connectivity index (χ2n) is 6.34. The molecular weight excluding hydrogens is 338 g/mol. The van der Waals surface area contributed by atoms with Crippen LogP contribution in [0.1, 0.15) is 38.5 Å². The summed E-state index contributed by atoms with van der Waals surface area (Å²) in [5, 5.41) is 4.13. The number of hydrogen-bond donors (Lipinski definition) is 1. The zero-order valence-corrected chi connectivity index (χ0v) is 15.1. The third kappa shape index (κ3) is 5.14. The van der Waals surface area contributed by atoms with E-state index in [9.17, 15) is 8.42 Å². The van der Waals surface area contributed by atoms with Crippen LogP contribution < -0.4 is 4.72 Å². The Hall–Kier alpha value is -1.70. The molecule has 25 heavy (non-hydrogen) atoms. The molecule has 0 aliphatic heterocycles. The summed E-state index contributed by atoms with van der Waals surface area (Å²) in [7, 11) is -3.54. The van der Waals surface area contributed by atoms with Crippen LogP contribution in [0.15, 0.2) is 47.6 Å². The topological polar surface area (TPSA) is 73.2 Å². The Labute approximate surface area is 149 Å². The van der Waals surface area contributed by atoms with Crippen LogP contribution in [0.2, 0.25) is 0 Å². The second-order valence-corrected chi connectivity index (χ2v) is 8.11. The van der Waals surface area contributed by atoms with Crippen molar-refractivity contribution in [2.45, 2.75) is 49.5 Å². The fourth-order valence-corrected chi connectivity index (χ4v) is 4.02. The van der Waals surface area contributed by atoms with E-state index in [1.807, 2.05) is 30.3 Å². The van der Waals surface area contributed by atoms with Gasteiger partial charge in [0, 0.05) is 13.2 Å². The lowest BCUT2D eigenvalue weighted by molar-refractivity contribution is 0.0278. The van der Waals surface area contributed by atoms with Gasteiger partial charge >= 0.3 is 0 Å². The van der Waals surface area contributed by atoms with Gasteiger partial charge in [0.2, 0.25) is 10.0 Å². The Morgan fingerprint density at radius 1 is 1.16 bits per heavy atom. The molecule has 2 aromatic rings. The predicted molar refractivity (Wildman–Crippen MR) is 96.2 cm³/mol. The summed E-state index contributed by atoms with van der Waals surface area (Å²) in [6.07, 6.45) is 9.96. The fourth-order valence-electron chi connectivity index (χ4n) is 3.01. The number of nitrogens with one attached hydrogen (secondary N) is 1. The minimum absolute atomic E-state index is 0.171. The van der Waals surface area contributed by atoms with E-state index in [1.165, 1.54) is 31.7 Å². The second kappa shape index (κ2) is 8.60. The molecule has 1 fully saturated rings. The number of aromatic nitrogens is 2. The van der Waals surface area contributed by atoms with Crippen molar-refractivity contribution in [1.82, 2.24) is 14.5 Å². The van der Waals surface area contributed by atoms with Gasteiger partial charge in [-0.15, -0.1) is 0 Å². The van der Waals surface area contributed by atoms with E-state index in [0.29, 0.717) is 25.7 Å². The van der Waals surface area contributed by atoms with Gasteiger partial charge in [-0.25, -0.2) is 17.8 Å². The summed E-state index contributed by atoms with van der Waals surface area (Å²) in [6, 6.07) is 9.42. The number of benzene rings is 1. The molecule has 0 spiro atoms. The van der Waals surface area contributed by atoms with Crippen molar-refractivity contribution in [1.29, 1.82) is 0 Å². The highest BCUT2D eigenvalue weighted by atomic mass is 32.2. The van der Waals surface area contributed by atoms with Gasteiger partial charge in [-0.1, -0.05) is 37.5 Å². The van der Waals surface area contributed by atoms with Crippen molar-refractivity contribution in [2.75, 3.05) is 13.2 Å². The van der Waals surface area contributed by atoms with Crippen LogP contribution in [0.4, 0.5) is 0 Å². The van der Waals surface area contributed by atoms with Gasteiger partial charge in [0.15, 0.2) is 0 Å². The number of ether oxygens (including phenoxy) is 1. The maximum atomic E-state index is 12.3. The van der Waals surface area contributed by atoms with E-state index >= 15 is 0 Å². The molecule has 0 amide bonds. The highest BCUT2D eigenvalue weighted by Gasteiger charge is 2.17. The van der Waals surface area contributed by atoms with Gasteiger partial charge in [-0.3, -0.25) is 0 Å². The molecule has 1 N–H and O–H groups in total. The van der Waals surface area contributed by atoms with Crippen LogP contribution in [-0.4, -0.2) is 37.5 Å². The average Bonchev–Trinajstić information content (AvgIpc) is 3.14. The molecule has 0 unspecified atom stereocenters. The Bertz CT molecular complexity index is 753. The summed E-state index contributed by atoms with van der Waals surface area (Å²) >= 11 is 0. The molecule has 1 heterocycles.